The van der Waals surface area contributed by atoms with Crippen LogP contribution >= 0.6 is 0 Å². The van der Waals surface area contributed by atoms with E-state index < -0.39 is 17.5 Å². The molecule has 0 bridgehead atoms. The van der Waals surface area contributed by atoms with Gasteiger partial charge in [0.2, 0.25) is 5.91 Å². The van der Waals surface area contributed by atoms with Gasteiger partial charge in [-0.25, -0.2) is 8.78 Å². The summed E-state index contributed by atoms with van der Waals surface area (Å²) < 4.78 is 32.7. The van der Waals surface area contributed by atoms with Gasteiger partial charge in [0.1, 0.15) is 23.9 Å². The van der Waals surface area contributed by atoms with Gasteiger partial charge in [-0.15, -0.1) is 0 Å². The van der Waals surface area contributed by atoms with E-state index in [2.05, 4.69) is 11.8 Å². The van der Waals surface area contributed by atoms with Gasteiger partial charge in [0.25, 0.3) is 12.4 Å². The SMILES string of the molecule is C[C@H]1CCCN1CCCOc1ccc(N2CCN(C(=O)c3cc(F)cc(F)c3)CC2=O)cc1.O=CO. The molecule has 2 aliphatic heterocycles. The lowest BCUT2D eigenvalue weighted by Crippen LogP contribution is -2.52. The van der Waals surface area contributed by atoms with Gasteiger partial charge in [0, 0.05) is 43.0 Å². The highest BCUT2D eigenvalue weighted by Crippen LogP contribution is 2.23. The van der Waals surface area contributed by atoms with Crippen molar-refractivity contribution in [1.29, 1.82) is 0 Å². The third kappa shape index (κ3) is 7.24. The van der Waals surface area contributed by atoms with Gasteiger partial charge >= 0.3 is 0 Å². The number of nitrogens with zero attached hydrogens (tertiary/aromatic N) is 3. The monoisotopic (exact) mass is 503 g/mol. The molecular weight excluding hydrogens is 472 g/mol. The Morgan fingerprint density at radius 1 is 1.11 bits per heavy atom. The summed E-state index contributed by atoms with van der Waals surface area (Å²) in [5.74, 6) is -1.71. The Labute approximate surface area is 209 Å². The van der Waals surface area contributed by atoms with Gasteiger partial charge in [0.05, 0.1) is 6.61 Å². The molecule has 0 aliphatic carbocycles. The maximum Gasteiger partial charge on any atom is 0.290 e. The first kappa shape index (κ1) is 27.1. The number of hydrogen-bond donors (Lipinski definition) is 1. The van der Waals surface area contributed by atoms with Crippen LogP contribution in [0.25, 0.3) is 0 Å². The average Bonchev–Trinajstić information content (AvgIpc) is 3.26. The highest BCUT2D eigenvalue weighted by atomic mass is 19.1. The molecule has 0 aromatic heterocycles. The molecule has 8 nitrogen and oxygen atoms in total. The molecule has 2 aromatic rings. The van der Waals surface area contributed by atoms with Crippen LogP contribution in [0.3, 0.4) is 0 Å². The Morgan fingerprint density at radius 3 is 2.36 bits per heavy atom. The minimum atomic E-state index is -0.823. The van der Waals surface area contributed by atoms with Gasteiger partial charge in [-0.3, -0.25) is 14.4 Å². The summed E-state index contributed by atoms with van der Waals surface area (Å²) in [5, 5.41) is 6.89. The van der Waals surface area contributed by atoms with Gasteiger partial charge in [-0.1, -0.05) is 0 Å². The van der Waals surface area contributed by atoms with Crippen LogP contribution in [-0.2, 0) is 9.59 Å². The molecule has 2 amide bonds. The molecule has 4 rings (SSSR count). The van der Waals surface area contributed by atoms with Crippen LogP contribution in [-0.4, -0.2) is 78.6 Å². The van der Waals surface area contributed by atoms with Crippen molar-refractivity contribution >= 4 is 24.0 Å². The number of likely N-dealkylation sites (tertiary alicyclic amines) is 1. The molecule has 2 saturated heterocycles. The average molecular weight is 504 g/mol. The summed E-state index contributed by atoms with van der Waals surface area (Å²) in [6, 6.07) is 10.7. The summed E-state index contributed by atoms with van der Waals surface area (Å²) in [6.07, 6.45) is 3.51. The molecule has 2 fully saturated rings. The van der Waals surface area contributed by atoms with E-state index >= 15 is 0 Å². The van der Waals surface area contributed by atoms with Crippen molar-refractivity contribution in [2.24, 2.45) is 0 Å². The smallest absolute Gasteiger partial charge is 0.290 e. The predicted molar refractivity (Wildman–Crippen MR) is 130 cm³/mol. The summed E-state index contributed by atoms with van der Waals surface area (Å²) in [5.41, 5.74) is 0.622. The first-order valence-electron chi connectivity index (χ1n) is 11.9. The number of amides is 2. The number of carbonyl (C=O) groups is 3. The molecule has 1 atom stereocenters. The van der Waals surface area contributed by atoms with E-state index in [1.807, 2.05) is 24.3 Å². The van der Waals surface area contributed by atoms with Crippen molar-refractivity contribution in [3.8, 4) is 5.75 Å². The molecule has 0 unspecified atom stereocenters. The molecule has 10 heteroatoms. The zero-order valence-electron chi connectivity index (χ0n) is 20.2. The van der Waals surface area contributed by atoms with Gasteiger partial charge < -0.3 is 24.5 Å². The largest absolute Gasteiger partial charge is 0.494 e. The van der Waals surface area contributed by atoms with Crippen molar-refractivity contribution in [2.75, 3.05) is 44.2 Å². The van der Waals surface area contributed by atoms with Crippen LogP contribution in [0.15, 0.2) is 42.5 Å². The summed E-state index contributed by atoms with van der Waals surface area (Å²) in [7, 11) is 0. The maximum atomic E-state index is 13.4. The third-order valence-corrected chi connectivity index (χ3v) is 6.31. The number of rotatable bonds is 7. The normalized spacial score (nSPS) is 18.0. The fourth-order valence-electron chi connectivity index (χ4n) is 4.48. The Kier molecular flexibility index (Phi) is 9.75. The van der Waals surface area contributed by atoms with Crippen LogP contribution in [0, 0.1) is 11.6 Å². The molecule has 194 valence electrons. The Hall–Kier alpha value is -3.53. The zero-order valence-corrected chi connectivity index (χ0v) is 20.2. The van der Waals surface area contributed by atoms with Crippen LogP contribution in [0.2, 0.25) is 0 Å². The zero-order chi connectivity index (χ0) is 26.1. The molecule has 1 N–H and O–H groups in total. The molecule has 2 heterocycles. The fraction of sp³-hybridized carbons (Fsp3) is 0.423. The van der Waals surface area contributed by atoms with E-state index in [4.69, 9.17) is 14.6 Å². The number of ether oxygens (including phenoxy) is 1. The molecule has 2 aliphatic rings. The van der Waals surface area contributed by atoms with E-state index in [1.54, 1.807) is 4.90 Å². The Morgan fingerprint density at radius 2 is 1.78 bits per heavy atom. The maximum absolute atomic E-state index is 13.4. The number of piperazine rings is 1. The van der Waals surface area contributed by atoms with E-state index in [0.717, 1.165) is 36.5 Å². The van der Waals surface area contributed by atoms with Crippen molar-refractivity contribution in [2.45, 2.75) is 32.2 Å². The highest BCUT2D eigenvalue weighted by Gasteiger charge is 2.29. The van der Waals surface area contributed by atoms with E-state index in [1.165, 1.54) is 24.3 Å². The van der Waals surface area contributed by atoms with Crippen molar-refractivity contribution in [3.05, 3.63) is 59.7 Å². The molecular formula is C26H31F2N3O5. The lowest BCUT2D eigenvalue weighted by molar-refractivity contribution is -0.123. The molecule has 36 heavy (non-hydrogen) atoms. The predicted octanol–water partition coefficient (Wildman–Crippen LogP) is 3.41. The lowest BCUT2D eigenvalue weighted by Gasteiger charge is -2.34. The molecule has 0 spiro atoms. The topological polar surface area (TPSA) is 90.4 Å². The fourth-order valence-corrected chi connectivity index (χ4v) is 4.48. The molecule has 2 aromatic carbocycles. The molecule has 0 radical (unpaired) electrons. The number of carbonyl (C=O) groups excluding carboxylic acids is 2. The second-order valence-electron chi connectivity index (χ2n) is 8.76. The standard InChI is InChI=1S/C25H29F2N3O3.CH2O2/c1-18-4-2-9-28(18)10-3-13-33-23-7-5-22(6-8-23)30-12-11-29(17-24(30)31)25(32)19-14-20(26)16-21(27)15-19;2-1-3/h5-8,14-16,18H,2-4,9-13,17H2,1H3;1H,(H,2,3)/t18-;/m0./s1. The number of carboxylic acid groups (broad SMARTS) is 1. The summed E-state index contributed by atoms with van der Waals surface area (Å²) >= 11 is 0. The first-order valence-corrected chi connectivity index (χ1v) is 11.9. The van der Waals surface area contributed by atoms with Crippen LogP contribution < -0.4 is 9.64 Å². The first-order chi connectivity index (χ1) is 17.3. The van der Waals surface area contributed by atoms with E-state index in [9.17, 15) is 18.4 Å². The number of benzene rings is 2. The second-order valence-corrected chi connectivity index (χ2v) is 8.76. The van der Waals surface area contributed by atoms with Crippen LogP contribution in [0.5, 0.6) is 5.75 Å². The van der Waals surface area contributed by atoms with Crippen LogP contribution in [0.4, 0.5) is 14.5 Å². The van der Waals surface area contributed by atoms with Gasteiger partial charge in [-0.05, 0) is 69.1 Å². The van der Waals surface area contributed by atoms with Crippen LogP contribution in [0.1, 0.15) is 36.5 Å². The second kappa shape index (κ2) is 13.0. The summed E-state index contributed by atoms with van der Waals surface area (Å²) in [6.45, 7) is 5.30. The van der Waals surface area contributed by atoms with E-state index in [0.29, 0.717) is 25.3 Å². The lowest BCUT2D eigenvalue weighted by atomic mass is 10.1. The van der Waals surface area contributed by atoms with E-state index in [-0.39, 0.29) is 31.0 Å². The number of anilines is 1. The number of halogens is 2. The van der Waals surface area contributed by atoms with Crippen molar-refractivity contribution in [1.82, 2.24) is 9.80 Å². The van der Waals surface area contributed by atoms with Crippen molar-refractivity contribution in [3.63, 3.8) is 0 Å². The summed E-state index contributed by atoms with van der Waals surface area (Å²) in [4.78, 5) is 39.0. The van der Waals surface area contributed by atoms with Crippen molar-refractivity contribution < 1.29 is 33.0 Å². The quantitative estimate of drug-likeness (QED) is 0.460. The van der Waals surface area contributed by atoms with Gasteiger partial charge in [0.15, 0.2) is 0 Å². The highest BCUT2D eigenvalue weighted by molar-refractivity contribution is 6.01. The molecule has 0 saturated carbocycles. The minimum Gasteiger partial charge on any atom is -0.494 e. The van der Waals surface area contributed by atoms with Gasteiger partial charge in [-0.2, -0.15) is 0 Å². The Bertz CT molecular complexity index is 1030. The Balaban J connectivity index is 0.00000115. The third-order valence-electron chi connectivity index (χ3n) is 6.31. The number of hydrogen-bond acceptors (Lipinski definition) is 5. The minimum absolute atomic E-state index is 0.102.